The predicted octanol–water partition coefficient (Wildman–Crippen LogP) is -0.287. The number of hydrogen-bond acceptors (Lipinski definition) is 3. The van der Waals surface area contributed by atoms with Crippen LogP contribution in [0.4, 0.5) is 0 Å². The second-order valence-corrected chi connectivity index (χ2v) is 4.94. The van der Waals surface area contributed by atoms with Gasteiger partial charge >= 0.3 is 0 Å². The van der Waals surface area contributed by atoms with Crippen molar-refractivity contribution in [2.45, 2.75) is 13.0 Å². The highest BCUT2D eigenvalue weighted by atomic mass is 15.3. The first kappa shape index (κ1) is 14.0. The number of nitrogens with zero attached hydrogens (tertiary/aromatic N) is 3. The van der Waals surface area contributed by atoms with Crippen LogP contribution in [0.15, 0.2) is 17.1 Å². The first-order valence-electron chi connectivity index (χ1n) is 6.06. The van der Waals surface area contributed by atoms with E-state index in [4.69, 9.17) is 5.73 Å². The van der Waals surface area contributed by atoms with E-state index >= 15 is 0 Å². The van der Waals surface area contributed by atoms with Crippen LogP contribution >= 0.6 is 0 Å². The van der Waals surface area contributed by atoms with Crippen LogP contribution in [-0.2, 0) is 0 Å². The van der Waals surface area contributed by atoms with Gasteiger partial charge < -0.3 is 16.0 Å². The maximum atomic E-state index is 5.78. The number of piperazine rings is 1. The Hall–Kier alpha value is -1.07. The Kier molecular flexibility index (Phi) is 5.44. The van der Waals surface area contributed by atoms with Crippen LogP contribution in [0.5, 0.6) is 0 Å². The van der Waals surface area contributed by atoms with Gasteiger partial charge in [0, 0.05) is 32.2 Å². The molecule has 17 heavy (non-hydrogen) atoms. The number of aliphatic imine (C=N–C) groups is 1. The molecule has 98 valence electrons. The molecule has 0 aliphatic carbocycles. The summed E-state index contributed by atoms with van der Waals surface area (Å²) in [7, 11) is 4.30. The van der Waals surface area contributed by atoms with Gasteiger partial charge in [-0.25, -0.2) is 4.99 Å². The second kappa shape index (κ2) is 6.61. The molecule has 0 bridgehead atoms. The third-order valence-corrected chi connectivity index (χ3v) is 3.02. The van der Waals surface area contributed by atoms with E-state index < -0.39 is 0 Å². The van der Waals surface area contributed by atoms with Crippen molar-refractivity contribution in [2.75, 3.05) is 46.8 Å². The number of nitrogens with two attached hydrogens (primary N) is 1. The third kappa shape index (κ3) is 5.19. The Labute approximate surface area is 104 Å². The zero-order valence-corrected chi connectivity index (χ0v) is 11.2. The van der Waals surface area contributed by atoms with Gasteiger partial charge in [-0.2, -0.15) is 0 Å². The molecule has 5 heteroatoms. The number of guanidine groups is 1. The molecule has 0 radical (unpaired) electrons. The van der Waals surface area contributed by atoms with Crippen LogP contribution in [0.1, 0.15) is 6.92 Å². The smallest absolute Gasteiger partial charge is 0.188 e. The molecule has 0 aromatic rings. The number of likely N-dealkylation sites (N-methyl/N-ethyl adjacent to an activating group) is 2. The number of hydrogen-bond donors (Lipinski definition) is 2. The highest BCUT2D eigenvalue weighted by Gasteiger charge is 2.21. The fraction of sp³-hybridized carbons (Fsp3) is 0.750. The first-order valence-corrected chi connectivity index (χ1v) is 6.06. The maximum absolute atomic E-state index is 5.78. The molecular formula is C12H25N5. The lowest BCUT2D eigenvalue weighted by molar-refractivity contribution is 0.116. The molecular weight excluding hydrogens is 214 g/mol. The summed E-state index contributed by atoms with van der Waals surface area (Å²) in [5.41, 5.74) is 6.80. The van der Waals surface area contributed by atoms with Crippen LogP contribution in [0.3, 0.4) is 0 Å². The maximum Gasteiger partial charge on any atom is 0.188 e. The Morgan fingerprint density at radius 3 is 2.82 bits per heavy atom. The van der Waals surface area contributed by atoms with E-state index in [1.54, 1.807) is 0 Å². The molecule has 1 unspecified atom stereocenters. The van der Waals surface area contributed by atoms with E-state index in [0.717, 1.165) is 31.8 Å². The molecule has 1 saturated heterocycles. The summed E-state index contributed by atoms with van der Waals surface area (Å²) in [5, 5.41) is 3.18. The zero-order valence-electron chi connectivity index (χ0n) is 11.2. The van der Waals surface area contributed by atoms with Crippen molar-refractivity contribution in [2.24, 2.45) is 10.7 Å². The topological polar surface area (TPSA) is 56.9 Å². The molecule has 1 aliphatic heterocycles. The summed E-state index contributed by atoms with van der Waals surface area (Å²) in [6, 6.07) is 0.493. The molecule has 1 fully saturated rings. The summed E-state index contributed by atoms with van der Waals surface area (Å²) >= 11 is 0. The van der Waals surface area contributed by atoms with Crippen molar-refractivity contribution in [3.63, 3.8) is 0 Å². The summed E-state index contributed by atoms with van der Waals surface area (Å²) in [4.78, 5) is 8.90. The fourth-order valence-corrected chi connectivity index (χ4v) is 1.82. The van der Waals surface area contributed by atoms with Gasteiger partial charge in [-0.15, -0.1) is 0 Å². The fourth-order valence-electron chi connectivity index (χ4n) is 1.82. The van der Waals surface area contributed by atoms with Crippen molar-refractivity contribution in [3.8, 4) is 0 Å². The number of rotatable bonds is 4. The summed E-state index contributed by atoms with van der Waals surface area (Å²) < 4.78 is 0. The zero-order chi connectivity index (χ0) is 12.8. The molecule has 0 spiro atoms. The molecule has 0 aromatic carbocycles. The number of nitrogens with one attached hydrogen (secondary N) is 1. The van der Waals surface area contributed by atoms with Gasteiger partial charge in [0.05, 0.1) is 6.54 Å². The van der Waals surface area contributed by atoms with Gasteiger partial charge in [0.25, 0.3) is 0 Å². The summed E-state index contributed by atoms with van der Waals surface area (Å²) in [6.45, 7) is 10.5. The van der Waals surface area contributed by atoms with Crippen molar-refractivity contribution < 1.29 is 0 Å². The lowest BCUT2D eigenvalue weighted by Gasteiger charge is -2.37. The first-order chi connectivity index (χ1) is 7.99. The van der Waals surface area contributed by atoms with Gasteiger partial charge in [0.15, 0.2) is 5.96 Å². The van der Waals surface area contributed by atoms with E-state index in [1.165, 1.54) is 0 Å². The standard InChI is InChI=1S/C12H25N5/c1-10(2)7-14-12(13)15-8-11-9-16(3)5-6-17(11)4/h11H,1,5-9H2,2-4H3,(H3,13,14,15). The van der Waals surface area contributed by atoms with Crippen LogP contribution in [0.25, 0.3) is 0 Å². The van der Waals surface area contributed by atoms with Crippen molar-refractivity contribution in [1.29, 1.82) is 0 Å². The van der Waals surface area contributed by atoms with E-state index in [0.29, 0.717) is 18.5 Å². The minimum absolute atomic E-state index is 0.493. The molecule has 0 aromatic heterocycles. The van der Waals surface area contributed by atoms with Gasteiger partial charge in [-0.1, -0.05) is 12.2 Å². The van der Waals surface area contributed by atoms with Gasteiger partial charge in [-0.05, 0) is 21.0 Å². The Morgan fingerprint density at radius 2 is 2.18 bits per heavy atom. The minimum atomic E-state index is 0.493. The Balaban J connectivity index is 2.33. The SMILES string of the molecule is C=C(C)CN=C(N)NCC1CN(C)CCN1C. The molecule has 5 nitrogen and oxygen atoms in total. The summed E-state index contributed by atoms with van der Waals surface area (Å²) in [5.74, 6) is 0.509. The molecule has 3 N–H and O–H groups in total. The van der Waals surface area contributed by atoms with E-state index in [9.17, 15) is 0 Å². The molecule has 0 saturated carbocycles. The lowest BCUT2D eigenvalue weighted by Crippen LogP contribution is -2.55. The molecule has 0 amide bonds. The minimum Gasteiger partial charge on any atom is -0.370 e. The van der Waals surface area contributed by atoms with Crippen LogP contribution in [0, 0.1) is 0 Å². The van der Waals surface area contributed by atoms with E-state index in [1.807, 2.05) is 6.92 Å². The molecule has 1 aliphatic rings. The van der Waals surface area contributed by atoms with Gasteiger partial charge in [0.1, 0.15) is 0 Å². The van der Waals surface area contributed by atoms with Gasteiger partial charge in [0.2, 0.25) is 0 Å². The Bertz CT molecular complexity index is 287. The Morgan fingerprint density at radius 1 is 1.47 bits per heavy atom. The van der Waals surface area contributed by atoms with E-state index in [-0.39, 0.29) is 0 Å². The van der Waals surface area contributed by atoms with Crippen LogP contribution in [0.2, 0.25) is 0 Å². The highest BCUT2D eigenvalue weighted by Crippen LogP contribution is 2.04. The third-order valence-electron chi connectivity index (χ3n) is 3.02. The van der Waals surface area contributed by atoms with Crippen LogP contribution < -0.4 is 11.1 Å². The van der Waals surface area contributed by atoms with Crippen molar-refractivity contribution >= 4 is 5.96 Å². The largest absolute Gasteiger partial charge is 0.370 e. The molecule has 1 atom stereocenters. The predicted molar refractivity (Wildman–Crippen MR) is 73.2 cm³/mol. The quantitative estimate of drug-likeness (QED) is 0.402. The highest BCUT2D eigenvalue weighted by molar-refractivity contribution is 5.77. The average Bonchev–Trinajstić information content (AvgIpc) is 2.27. The van der Waals surface area contributed by atoms with Gasteiger partial charge in [-0.3, -0.25) is 4.90 Å². The van der Waals surface area contributed by atoms with Crippen LogP contribution in [-0.4, -0.2) is 68.6 Å². The van der Waals surface area contributed by atoms with Crippen molar-refractivity contribution in [1.82, 2.24) is 15.1 Å². The summed E-state index contributed by atoms with van der Waals surface area (Å²) in [6.07, 6.45) is 0. The normalized spacial score (nSPS) is 23.7. The molecule has 1 heterocycles. The van der Waals surface area contributed by atoms with E-state index in [2.05, 4.69) is 40.8 Å². The lowest BCUT2D eigenvalue weighted by atomic mass is 10.2. The second-order valence-electron chi connectivity index (χ2n) is 4.94. The average molecular weight is 239 g/mol. The van der Waals surface area contributed by atoms with Crippen molar-refractivity contribution in [3.05, 3.63) is 12.2 Å². The monoisotopic (exact) mass is 239 g/mol. The molecule has 1 rings (SSSR count).